The van der Waals surface area contributed by atoms with Crippen molar-refractivity contribution in [3.8, 4) is 0 Å². The Kier molecular flexibility index (Phi) is 3.95. The molecule has 0 bridgehead atoms. The Labute approximate surface area is 136 Å². The van der Waals surface area contributed by atoms with Crippen molar-refractivity contribution in [3.05, 3.63) is 52.3 Å². The molecule has 1 aromatic carbocycles. The standard InChI is InChI=1S/C16H13N3O5/c1-2-24-10(20)7-17-16(23)13-11-12(18-19-13)15(22)9-6-4-3-5-8(9)14(11)21/h3-6H,2,7H2,1H3,(H,17,23)(H,18,19). The molecule has 1 aliphatic rings. The van der Waals surface area contributed by atoms with Gasteiger partial charge in [0.15, 0.2) is 5.78 Å². The van der Waals surface area contributed by atoms with Gasteiger partial charge in [-0.05, 0) is 6.92 Å². The van der Waals surface area contributed by atoms with Crippen LogP contribution in [-0.2, 0) is 9.53 Å². The van der Waals surface area contributed by atoms with E-state index in [1.165, 1.54) is 12.1 Å². The van der Waals surface area contributed by atoms with Crippen LogP contribution in [0.4, 0.5) is 0 Å². The zero-order valence-electron chi connectivity index (χ0n) is 12.7. The Bertz CT molecular complexity index is 868. The van der Waals surface area contributed by atoms with Crippen molar-refractivity contribution in [1.82, 2.24) is 15.5 Å². The van der Waals surface area contributed by atoms with Crippen LogP contribution in [0.5, 0.6) is 0 Å². The molecule has 3 rings (SSSR count). The summed E-state index contributed by atoms with van der Waals surface area (Å²) in [5.41, 5.74) is 0.137. The topological polar surface area (TPSA) is 118 Å². The Hall–Kier alpha value is -3.29. The van der Waals surface area contributed by atoms with Crippen molar-refractivity contribution < 1.29 is 23.9 Å². The molecule has 1 amide bonds. The minimum Gasteiger partial charge on any atom is -0.465 e. The highest BCUT2D eigenvalue weighted by Crippen LogP contribution is 2.27. The fourth-order valence-electron chi connectivity index (χ4n) is 2.49. The van der Waals surface area contributed by atoms with Gasteiger partial charge in [0.25, 0.3) is 5.91 Å². The third-order valence-electron chi connectivity index (χ3n) is 3.55. The second-order valence-corrected chi connectivity index (χ2v) is 5.01. The number of hydrogen-bond acceptors (Lipinski definition) is 6. The zero-order chi connectivity index (χ0) is 17.3. The van der Waals surface area contributed by atoms with E-state index in [0.717, 1.165) is 0 Å². The first kappa shape index (κ1) is 15.6. The van der Waals surface area contributed by atoms with Crippen LogP contribution in [0, 0.1) is 0 Å². The summed E-state index contributed by atoms with van der Waals surface area (Å²) in [6, 6.07) is 6.34. The van der Waals surface area contributed by atoms with Crippen LogP contribution in [0.15, 0.2) is 24.3 Å². The number of amides is 1. The Morgan fingerprint density at radius 1 is 1.17 bits per heavy atom. The number of ketones is 2. The van der Waals surface area contributed by atoms with Gasteiger partial charge >= 0.3 is 5.97 Å². The van der Waals surface area contributed by atoms with E-state index >= 15 is 0 Å². The lowest BCUT2D eigenvalue weighted by molar-refractivity contribution is -0.141. The molecule has 1 heterocycles. The fourth-order valence-corrected chi connectivity index (χ4v) is 2.49. The fraction of sp³-hybridized carbons (Fsp3) is 0.188. The number of carbonyl (C=O) groups is 4. The summed E-state index contributed by atoms with van der Waals surface area (Å²) in [6.45, 7) is 1.49. The van der Waals surface area contributed by atoms with E-state index in [-0.39, 0.29) is 41.2 Å². The molecular formula is C16H13N3O5. The van der Waals surface area contributed by atoms with Crippen molar-refractivity contribution in [2.24, 2.45) is 0 Å². The van der Waals surface area contributed by atoms with Gasteiger partial charge in [-0.15, -0.1) is 0 Å². The zero-order valence-corrected chi connectivity index (χ0v) is 12.7. The molecule has 8 nitrogen and oxygen atoms in total. The van der Waals surface area contributed by atoms with Crippen molar-refractivity contribution in [2.45, 2.75) is 6.92 Å². The van der Waals surface area contributed by atoms with Gasteiger partial charge in [0.2, 0.25) is 5.78 Å². The smallest absolute Gasteiger partial charge is 0.325 e. The summed E-state index contributed by atoms with van der Waals surface area (Å²) in [5.74, 6) is -2.21. The Morgan fingerprint density at radius 3 is 2.50 bits per heavy atom. The molecule has 2 N–H and O–H groups in total. The van der Waals surface area contributed by atoms with Gasteiger partial charge in [-0.1, -0.05) is 24.3 Å². The minimum absolute atomic E-state index is 0.0833. The number of hydrogen-bond donors (Lipinski definition) is 2. The molecule has 122 valence electrons. The number of H-pyrrole nitrogens is 1. The monoisotopic (exact) mass is 327 g/mol. The number of nitrogens with one attached hydrogen (secondary N) is 2. The van der Waals surface area contributed by atoms with E-state index in [4.69, 9.17) is 4.74 Å². The van der Waals surface area contributed by atoms with E-state index in [9.17, 15) is 19.2 Å². The molecule has 0 saturated carbocycles. The van der Waals surface area contributed by atoms with E-state index in [2.05, 4.69) is 15.5 Å². The molecule has 1 aliphatic carbocycles. The molecule has 24 heavy (non-hydrogen) atoms. The van der Waals surface area contributed by atoms with Crippen LogP contribution in [-0.4, -0.2) is 46.8 Å². The first-order chi connectivity index (χ1) is 11.5. The second kappa shape index (κ2) is 6.07. The van der Waals surface area contributed by atoms with Gasteiger partial charge < -0.3 is 10.1 Å². The summed E-state index contributed by atoms with van der Waals surface area (Å²) >= 11 is 0. The maximum absolute atomic E-state index is 12.6. The summed E-state index contributed by atoms with van der Waals surface area (Å²) in [4.78, 5) is 48.5. The van der Waals surface area contributed by atoms with Crippen molar-refractivity contribution in [2.75, 3.05) is 13.2 Å². The van der Waals surface area contributed by atoms with Crippen molar-refractivity contribution in [3.63, 3.8) is 0 Å². The largest absolute Gasteiger partial charge is 0.465 e. The number of nitrogens with zero attached hydrogens (tertiary/aromatic N) is 1. The maximum atomic E-state index is 12.6. The highest BCUT2D eigenvalue weighted by Gasteiger charge is 2.36. The predicted octanol–water partition coefficient (Wildman–Crippen LogP) is 0.478. The van der Waals surface area contributed by atoms with E-state index in [1.54, 1.807) is 19.1 Å². The third-order valence-corrected chi connectivity index (χ3v) is 3.55. The van der Waals surface area contributed by atoms with Crippen molar-refractivity contribution in [1.29, 1.82) is 0 Å². The van der Waals surface area contributed by atoms with Crippen LogP contribution < -0.4 is 5.32 Å². The number of fused-ring (bicyclic) bond motifs is 2. The number of benzene rings is 1. The minimum atomic E-state index is -0.711. The number of aromatic amines is 1. The highest BCUT2D eigenvalue weighted by molar-refractivity contribution is 6.29. The van der Waals surface area contributed by atoms with Gasteiger partial charge in [0.1, 0.15) is 17.9 Å². The van der Waals surface area contributed by atoms with Crippen LogP contribution in [0.3, 0.4) is 0 Å². The molecule has 0 aliphatic heterocycles. The van der Waals surface area contributed by atoms with Gasteiger partial charge in [-0.25, -0.2) is 0 Å². The van der Waals surface area contributed by atoms with Gasteiger partial charge in [-0.3, -0.25) is 24.3 Å². The number of aromatic nitrogens is 2. The SMILES string of the molecule is CCOC(=O)CNC(=O)c1[nH]nc2c1C(=O)c1ccccc1C2=O. The normalized spacial score (nSPS) is 12.4. The molecule has 0 atom stereocenters. The van der Waals surface area contributed by atoms with E-state index in [1.807, 2.05) is 0 Å². The first-order valence-corrected chi connectivity index (χ1v) is 7.25. The molecule has 2 aromatic rings. The number of esters is 1. The Balaban J connectivity index is 1.90. The lowest BCUT2D eigenvalue weighted by Gasteiger charge is -2.13. The van der Waals surface area contributed by atoms with Crippen LogP contribution in [0.25, 0.3) is 0 Å². The molecular weight excluding hydrogens is 314 g/mol. The maximum Gasteiger partial charge on any atom is 0.325 e. The molecule has 0 unspecified atom stereocenters. The number of ether oxygens (including phenoxy) is 1. The summed E-state index contributed by atoms with van der Waals surface area (Å²) in [5, 5.41) is 8.54. The number of rotatable bonds is 4. The van der Waals surface area contributed by atoms with Gasteiger partial charge in [-0.2, -0.15) is 5.10 Å². The van der Waals surface area contributed by atoms with Crippen LogP contribution >= 0.6 is 0 Å². The molecule has 0 spiro atoms. The molecule has 8 heteroatoms. The number of carbonyl (C=O) groups excluding carboxylic acids is 4. The second-order valence-electron chi connectivity index (χ2n) is 5.01. The average molecular weight is 327 g/mol. The molecule has 0 saturated heterocycles. The van der Waals surface area contributed by atoms with Gasteiger partial charge in [0.05, 0.1) is 12.2 Å². The quantitative estimate of drug-likeness (QED) is 0.673. The Morgan fingerprint density at radius 2 is 1.83 bits per heavy atom. The summed E-state index contributed by atoms with van der Waals surface area (Å²) in [6.07, 6.45) is 0. The molecule has 0 fully saturated rings. The van der Waals surface area contributed by atoms with E-state index in [0.29, 0.717) is 0 Å². The lowest BCUT2D eigenvalue weighted by Crippen LogP contribution is -2.32. The lowest BCUT2D eigenvalue weighted by atomic mass is 9.87. The van der Waals surface area contributed by atoms with Crippen LogP contribution in [0.1, 0.15) is 49.4 Å². The third kappa shape index (κ3) is 2.47. The highest BCUT2D eigenvalue weighted by atomic mass is 16.5. The van der Waals surface area contributed by atoms with Crippen LogP contribution in [0.2, 0.25) is 0 Å². The molecule has 1 aromatic heterocycles. The molecule has 0 radical (unpaired) electrons. The first-order valence-electron chi connectivity index (χ1n) is 7.25. The average Bonchev–Trinajstić information content (AvgIpc) is 3.03. The van der Waals surface area contributed by atoms with Gasteiger partial charge in [0, 0.05) is 11.1 Å². The predicted molar refractivity (Wildman–Crippen MR) is 80.9 cm³/mol. The van der Waals surface area contributed by atoms with E-state index < -0.39 is 23.4 Å². The van der Waals surface area contributed by atoms with Crippen molar-refractivity contribution >= 4 is 23.4 Å². The summed E-state index contributed by atoms with van der Waals surface area (Å²) < 4.78 is 4.71. The summed E-state index contributed by atoms with van der Waals surface area (Å²) in [7, 11) is 0.